The van der Waals surface area contributed by atoms with E-state index in [2.05, 4.69) is 38.8 Å². The summed E-state index contributed by atoms with van der Waals surface area (Å²) < 4.78 is 1.91. The topological polar surface area (TPSA) is 17.1 Å². The molecule has 1 rings (SSSR count). The average Bonchev–Trinajstić information content (AvgIpc) is 2.41. The zero-order chi connectivity index (χ0) is 15.0. The third-order valence-electron chi connectivity index (χ3n) is 3.56. The minimum Gasteiger partial charge on any atom is -0.294 e. The first kappa shape index (κ1) is 17.9. The predicted molar refractivity (Wildman–Crippen MR) is 93.5 cm³/mol. The summed E-state index contributed by atoms with van der Waals surface area (Å²) in [6.07, 6.45) is 9.34. The third-order valence-corrected chi connectivity index (χ3v) is 5.07. The molecule has 1 aromatic rings. The minimum absolute atomic E-state index is 0.242. The summed E-state index contributed by atoms with van der Waals surface area (Å²) in [6.45, 7) is 4.26. The van der Waals surface area contributed by atoms with Gasteiger partial charge in [0.1, 0.15) is 0 Å². The number of halogens is 2. The van der Waals surface area contributed by atoms with Gasteiger partial charge in [0.15, 0.2) is 5.78 Å². The third kappa shape index (κ3) is 6.09. The SMILES string of the molecule is CCCCCCCCCC(=O)c1cc(Br)c(C)cc1Br. The van der Waals surface area contributed by atoms with Gasteiger partial charge in [0, 0.05) is 20.9 Å². The molecule has 0 aliphatic rings. The minimum atomic E-state index is 0.242. The fourth-order valence-electron chi connectivity index (χ4n) is 2.24. The zero-order valence-electron chi connectivity index (χ0n) is 12.5. The zero-order valence-corrected chi connectivity index (χ0v) is 15.6. The Morgan fingerprint density at radius 3 is 2.20 bits per heavy atom. The number of ketones is 1. The van der Waals surface area contributed by atoms with Crippen molar-refractivity contribution in [1.29, 1.82) is 0 Å². The molecule has 0 aliphatic heterocycles. The molecule has 1 nitrogen and oxygen atoms in total. The number of carbonyl (C=O) groups is 1. The van der Waals surface area contributed by atoms with E-state index in [-0.39, 0.29) is 5.78 Å². The van der Waals surface area contributed by atoms with Crippen LogP contribution in [0, 0.1) is 6.92 Å². The second-order valence-corrected chi connectivity index (χ2v) is 7.08. The molecule has 0 bridgehead atoms. The molecule has 0 unspecified atom stereocenters. The summed E-state index contributed by atoms with van der Waals surface area (Å²) in [5.74, 6) is 0.242. The molecular formula is C17H24Br2O. The first-order valence-electron chi connectivity index (χ1n) is 7.55. The molecular weight excluding hydrogens is 380 g/mol. The summed E-state index contributed by atoms with van der Waals surface area (Å²) in [5, 5.41) is 0. The smallest absolute Gasteiger partial charge is 0.164 e. The monoisotopic (exact) mass is 402 g/mol. The summed E-state index contributed by atoms with van der Waals surface area (Å²) >= 11 is 6.98. The molecule has 0 heterocycles. The molecule has 0 amide bonds. The van der Waals surface area contributed by atoms with Gasteiger partial charge >= 0.3 is 0 Å². The molecule has 0 N–H and O–H groups in total. The quantitative estimate of drug-likeness (QED) is 0.325. The Kier molecular flexibility index (Phi) is 8.70. The van der Waals surface area contributed by atoms with Gasteiger partial charge in [0.05, 0.1) is 0 Å². The van der Waals surface area contributed by atoms with Crippen LogP contribution in [0.2, 0.25) is 0 Å². The highest BCUT2D eigenvalue weighted by atomic mass is 79.9. The van der Waals surface area contributed by atoms with Gasteiger partial charge in [-0.1, -0.05) is 77.3 Å². The number of hydrogen-bond acceptors (Lipinski definition) is 1. The predicted octanol–water partition coefficient (Wildman–Crippen LogP) is 6.84. The first-order chi connectivity index (χ1) is 9.56. The van der Waals surface area contributed by atoms with E-state index in [0.29, 0.717) is 6.42 Å². The van der Waals surface area contributed by atoms with Crippen LogP contribution in [0.4, 0.5) is 0 Å². The first-order valence-corrected chi connectivity index (χ1v) is 9.13. The van der Waals surface area contributed by atoms with Crippen LogP contribution in [-0.2, 0) is 0 Å². The van der Waals surface area contributed by atoms with E-state index in [1.807, 2.05) is 19.1 Å². The van der Waals surface area contributed by atoms with E-state index in [4.69, 9.17) is 0 Å². The molecule has 0 atom stereocenters. The Morgan fingerprint density at radius 1 is 0.950 bits per heavy atom. The Labute approximate surface area is 139 Å². The molecule has 112 valence electrons. The van der Waals surface area contributed by atoms with E-state index >= 15 is 0 Å². The van der Waals surface area contributed by atoms with E-state index in [9.17, 15) is 4.79 Å². The maximum atomic E-state index is 12.2. The molecule has 0 aliphatic carbocycles. The lowest BCUT2D eigenvalue weighted by atomic mass is 10.0. The summed E-state index contributed by atoms with van der Waals surface area (Å²) in [5.41, 5.74) is 1.94. The van der Waals surface area contributed by atoms with Crippen LogP contribution in [-0.4, -0.2) is 5.78 Å². The molecule has 0 spiro atoms. The summed E-state index contributed by atoms with van der Waals surface area (Å²) in [6, 6.07) is 3.94. The fraction of sp³-hybridized carbons (Fsp3) is 0.588. The average molecular weight is 404 g/mol. The lowest BCUT2D eigenvalue weighted by Gasteiger charge is -2.07. The van der Waals surface area contributed by atoms with Crippen molar-refractivity contribution >= 4 is 37.6 Å². The number of unbranched alkanes of at least 4 members (excludes halogenated alkanes) is 6. The normalized spacial score (nSPS) is 10.8. The van der Waals surface area contributed by atoms with Crippen LogP contribution in [0.25, 0.3) is 0 Å². The molecule has 1 aromatic carbocycles. The van der Waals surface area contributed by atoms with Crippen LogP contribution in [0.15, 0.2) is 21.1 Å². The van der Waals surface area contributed by atoms with Crippen molar-refractivity contribution in [3.63, 3.8) is 0 Å². The maximum absolute atomic E-state index is 12.2. The number of hydrogen-bond donors (Lipinski definition) is 0. The molecule has 0 fully saturated rings. The molecule has 20 heavy (non-hydrogen) atoms. The number of carbonyl (C=O) groups excluding carboxylic acids is 1. The number of Topliss-reactive ketones (excluding diaryl/α,β-unsaturated/α-hetero) is 1. The number of aryl methyl sites for hydroxylation is 1. The van der Waals surface area contributed by atoms with Crippen molar-refractivity contribution in [2.45, 2.75) is 65.2 Å². The van der Waals surface area contributed by atoms with Gasteiger partial charge in [0.25, 0.3) is 0 Å². The highest BCUT2D eigenvalue weighted by molar-refractivity contribution is 9.11. The molecule has 0 saturated carbocycles. The highest BCUT2D eigenvalue weighted by Gasteiger charge is 2.11. The molecule has 0 radical (unpaired) electrons. The van der Waals surface area contributed by atoms with E-state index in [0.717, 1.165) is 26.5 Å². The lowest BCUT2D eigenvalue weighted by Crippen LogP contribution is -2.01. The van der Waals surface area contributed by atoms with Crippen molar-refractivity contribution < 1.29 is 4.79 Å². The molecule has 0 aromatic heterocycles. The van der Waals surface area contributed by atoms with Gasteiger partial charge in [0.2, 0.25) is 0 Å². The van der Waals surface area contributed by atoms with Gasteiger partial charge in [-0.3, -0.25) is 4.79 Å². The van der Waals surface area contributed by atoms with Gasteiger partial charge in [-0.15, -0.1) is 0 Å². The standard InChI is InChI=1S/C17H24Br2O/c1-3-4-5-6-7-8-9-10-17(20)14-12-15(18)13(2)11-16(14)19/h11-12H,3-10H2,1-2H3. The Morgan fingerprint density at radius 2 is 1.55 bits per heavy atom. The van der Waals surface area contributed by atoms with Gasteiger partial charge in [-0.25, -0.2) is 0 Å². The number of rotatable bonds is 9. The van der Waals surface area contributed by atoms with E-state index < -0.39 is 0 Å². The lowest BCUT2D eigenvalue weighted by molar-refractivity contribution is 0.0978. The molecule has 0 saturated heterocycles. The van der Waals surface area contributed by atoms with Crippen molar-refractivity contribution in [3.8, 4) is 0 Å². The van der Waals surface area contributed by atoms with Gasteiger partial charge in [-0.2, -0.15) is 0 Å². The molecule has 3 heteroatoms. The summed E-state index contributed by atoms with van der Waals surface area (Å²) in [7, 11) is 0. The van der Waals surface area contributed by atoms with Crippen molar-refractivity contribution in [1.82, 2.24) is 0 Å². The maximum Gasteiger partial charge on any atom is 0.164 e. The number of benzene rings is 1. The van der Waals surface area contributed by atoms with E-state index in [1.54, 1.807) is 0 Å². The van der Waals surface area contributed by atoms with Crippen LogP contribution in [0.1, 0.15) is 74.2 Å². The Bertz CT molecular complexity index is 441. The van der Waals surface area contributed by atoms with Crippen molar-refractivity contribution in [3.05, 3.63) is 32.2 Å². The van der Waals surface area contributed by atoms with Gasteiger partial charge in [-0.05, 0) is 31.0 Å². The Hall–Kier alpha value is -0.150. The second kappa shape index (κ2) is 9.73. The van der Waals surface area contributed by atoms with Gasteiger partial charge < -0.3 is 0 Å². The highest BCUT2D eigenvalue weighted by Crippen LogP contribution is 2.27. The van der Waals surface area contributed by atoms with Crippen molar-refractivity contribution in [2.24, 2.45) is 0 Å². The second-order valence-electron chi connectivity index (χ2n) is 5.38. The van der Waals surface area contributed by atoms with Crippen LogP contribution in [0.3, 0.4) is 0 Å². The van der Waals surface area contributed by atoms with Crippen molar-refractivity contribution in [2.75, 3.05) is 0 Å². The van der Waals surface area contributed by atoms with Crippen LogP contribution >= 0.6 is 31.9 Å². The van der Waals surface area contributed by atoms with Crippen LogP contribution < -0.4 is 0 Å². The fourth-order valence-corrected chi connectivity index (χ4v) is 3.26. The summed E-state index contributed by atoms with van der Waals surface area (Å²) in [4.78, 5) is 12.2. The van der Waals surface area contributed by atoms with Crippen LogP contribution in [0.5, 0.6) is 0 Å². The Balaban J connectivity index is 2.34. The van der Waals surface area contributed by atoms with E-state index in [1.165, 1.54) is 38.5 Å². The largest absolute Gasteiger partial charge is 0.294 e.